The normalized spacial score (nSPS) is 17.3. The van der Waals surface area contributed by atoms with Gasteiger partial charge in [0.15, 0.2) is 0 Å². The Morgan fingerprint density at radius 2 is 2.10 bits per heavy atom. The lowest BCUT2D eigenvalue weighted by atomic mass is 9.92. The zero-order chi connectivity index (χ0) is 14.5. The summed E-state index contributed by atoms with van der Waals surface area (Å²) in [6.45, 7) is 0. The molecule has 5 heteroatoms. The third-order valence-corrected chi connectivity index (χ3v) is 4.24. The minimum absolute atomic E-state index is 0.165. The first kappa shape index (κ1) is 14.9. The van der Waals surface area contributed by atoms with Crippen molar-refractivity contribution in [3.05, 3.63) is 39.7 Å². The summed E-state index contributed by atoms with van der Waals surface area (Å²) in [5.74, 6) is 0.152. The number of nitro benzene ring substituents is 1. The molecule has 0 heterocycles. The third-order valence-electron chi connectivity index (χ3n) is 4.24. The van der Waals surface area contributed by atoms with E-state index < -0.39 is 10.7 Å². The first-order valence-electron chi connectivity index (χ1n) is 7.21. The predicted octanol–water partition coefficient (Wildman–Crippen LogP) is 3.44. The molecule has 110 valence electrons. The van der Waals surface area contributed by atoms with Crippen LogP contribution in [-0.4, -0.2) is 18.0 Å². The maximum atomic E-state index is 13.4. The molecule has 1 atom stereocenters. The van der Waals surface area contributed by atoms with Gasteiger partial charge in [-0.1, -0.05) is 12.8 Å². The van der Waals surface area contributed by atoms with Crippen molar-refractivity contribution in [3.8, 4) is 0 Å². The molecule has 1 aromatic rings. The van der Waals surface area contributed by atoms with Crippen LogP contribution in [0.5, 0.6) is 0 Å². The molecule has 0 amide bonds. The van der Waals surface area contributed by atoms with Gasteiger partial charge in [0.05, 0.1) is 11.0 Å². The first-order valence-corrected chi connectivity index (χ1v) is 7.21. The molecule has 1 unspecified atom stereocenters. The van der Waals surface area contributed by atoms with Crippen LogP contribution in [0.25, 0.3) is 0 Å². The molecule has 1 fully saturated rings. The molecule has 20 heavy (non-hydrogen) atoms. The average molecular weight is 280 g/mol. The number of rotatable bonds is 6. The van der Waals surface area contributed by atoms with Crippen molar-refractivity contribution < 1.29 is 9.31 Å². The largest absolute Gasteiger partial charge is 0.317 e. The monoisotopic (exact) mass is 280 g/mol. The van der Waals surface area contributed by atoms with Gasteiger partial charge in [0.1, 0.15) is 5.82 Å². The number of hydrogen-bond acceptors (Lipinski definition) is 3. The van der Waals surface area contributed by atoms with Crippen LogP contribution in [0, 0.1) is 21.8 Å². The zero-order valence-corrected chi connectivity index (χ0v) is 11.8. The number of non-ortho nitro benzene ring substituents is 1. The van der Waals surface area contributed by atoms with E-state index in [1.165, 1.54) is 37.8 Å². The Labute approximate surface area is 118 Å². The van der Waals surface area contributed by atoms with E-state index >= 15 is 0 Å². The molecule has 2 rings (SSSR count). The molecule has 4 nitrogen and oxygen atoms in total. The minimum atomic E-state index is -0.543. The summed E-state index contributed by atoms with van der Waals surface area (Å²) in [5, 5.41) is 14.1. The Morgan fingerprint density at radius 3 is 2.70 bits per heavy atom. The Bertz CT molecular complexity index is 473. The predicted molar refractivity (Wildman–Crippen MR) is 76.2 cm³/mol. The quantitative estimate of drug-likeness (QED) is 0.641. The lowest BCUT2D eigenvalue weighted by Gasteiger charge is -2.22. The van der Waals surface area contributed by atoms with Crippen molar-refractivity contribution in [2.45, 2.75) is 44.6 Å². The maximum Gasteiger partial charge on any atom is 0.272 e. The summed E-state index contributed by atoms with van der Waals surface area (Å²) in [6, 6.07) is 4.26. The van der Waals surface area contributed by atoms with E-state index in [0.29, 0.717) is 23.9 Å². The third kappa shape index (κ3) is 3.76. The summed E-state index contributed by atoms with van der Waals surface area (Å²) < 4.78 is 13.4. The first-order chi connectivity index (χ1) is 9.60. The molecule has 1 N–H and O–H groups in total. The van der Waals surface area contributed by atoms with Crippen LogP contribution in [0.1, 0.15) is 37.7 Å². The van der Waals surface area contributed by atoms with E-state index in [1.54, 1.807) is 0 Å². The SMILES string of the molecule is CNC(CCc1cc(F)cc([N+](=O)[O-])c1)C1CCCC1. The van der Waals surface area contributed by atoms with Gasteiger partial charge in [0.25, 0.3) is 5.69 Å². The van der Waals surface area contributed by atoms with Crippen molar-refractivity contribution >= 4 is 5.69 Å². The lowest BCUT2D eigenvalue weighted by Crippen LogP contribution is -2.32. The molecule has 1 saturated carbocycles. The molecule has 0 bridgehead atoms. The highest BCUT2D eigenvalue weighted by Crippen LogP contribution is 2.29. The molecule has 1 aliphatic carbocycles. The summed E-state index contributed by atoms with van der Waals surface area (Å²) >= 11 is 0. The van der Waals surface area contributed by atoms with Crippen LogP contribution in [0.2, 0.25) is 0 Å². The Morgan fingerprint density at radius 1 is 1.40 bits per heavy atom. The van der Waals surface area contributed by atoms with Crippen LogP contribution in [0.3, 0.4) is 0 Å². The Kier molecular flexibility index (Phi) is 5.06. The molecule has 0 aliphatic heterocycles. The number of nitrogens with one attached hydrogen (secondary N) is 1. The number of benzene rings is 1. The van der Waals surface area contributed by atoms with Crippen LogP contribution < -0.4 is 5.32 Å². The van der Waals surface area contributed by atoms with Crippen LogP contribution in [0.15, 0.2) is 18.2 Å². The van der Waals surface area contributed by atoms with E-state index in [9.17, 15) is 14.5 Å². The summed E-state index contributed by atoms with van der Waals surface area (Å²) in [7, 11) is 1.96. The second kappa shape index (κ2) is 6.79. The van der Waals surface area contributed by atoms with Crippen molar-refractivity contribution in [3.63, 3.8) is 0 Å². The van der Waals surface area contributed by atoms with Gasteiger partial charge in [0, 0.05) is 12.1 Å². The molecule has 0 radical (unpaired) electrons. The van der Waals surface area contributed by atoms with Gasteiger partial charge in [-0.2, -0.15) is 0 Å². The van der Waals surface area contributed by atoms with Gasteiger partial charge < -0.3 is 5.32 Å². The number of halogens is 1. The highest BCUT2D eigenvalue weighted by molar-refractivity contribution is 5.35. The van der Waals surface area contributed by atoms with Gasteiger partial charge in [-0.15, -0.1) is 0 Å². The second-order valence-corrected chi connectivity index (χ2v) is 5.55. The number of hydrogen-bond donors (Lipinski definition) is 1. The topological polar surface area (TPSA) is 55.2 Å². The molecular formula is C15H21FN2O2. The molecule has 0 spiro atoms. The van der Waals surface area contributed by atoms with Gasteiger partial charge in [-0.05, 0) is 50.3 Å². The minimum Gasteiger partial charge on any atom is -0.317 e. The van der Waals surface area contributed by atoms with Crippen molar-refractivity contribution in [1.82, 2.24) is 5.32 Å². The Balaban J connectivity index is 2.00. The summed E-state index contributed by atoms with van der Waals surface area (Å²) in [6.07, 6.45) is 6.62. The van der Waals surface area contributed by atoms with E-state index in [4.69, 9.17) is 0 Å². The van der Waals surface area contributed by atoms with Crippen molar-refractivity contribution in [2.24, 2.45) is 5.92 Å². The van der Waals surface area contributed by atoms with Gasteiger partial charge in [-0.25, -0.2) is 4.39 Å². The average Bonchev–Trinajstić information content (AvgIpc) is 2.93. The molecule has 0 saturated heterocycles. The maximum absolute atomic E-state index is 13.4. The molecule has 1 aromatic carbocycles. The molecule has 0 aromatic heterocycles. The lowest BCUT2D eigenvalue weighted by molar-refractivity contribution is -0.385. The fourth-order valence-electron chi connectivity index (χ4n) is 3.18. The van der Waals surface area contributed by atoms with Crippen molar-refractivity contribution in [2.75, 3.05) is 7.05 Å². The standard InChI is InChI=1S/C15H21FN2O2/c1-17-15(12-4-2-3-5-12)7-6-11-8-13(16)10-14(9-11)18(19)20/h8-10,12,15,17H,2-7H2,1H3. The smallest absolute Gasteiger partial charge is 0.272 e. The molecular weight excluding hydrogens is 259 g/mol. The van der Waals surface area contributed by atoms with Crippen LogP contribution in [-0.2, 0) is 6.42 Å². The zero-order valence-electron chi connectivity index (χ0n) is 11.8. The number of aryl methyl sites for hydroxylation is 1. The number of nitro groups is 1. The van der Waals surface area contributed by atoms with E-state index in [2.05, 4.69) is 5.32 Å². The fourth-order valence-corrected chi connectivity index (χ4v) is 3.18. The van der Waals surface area contributed by atoms with E-state index in [-0.39, 0.29) is 5.69 Å². The van der Waals surface area contributed by atoms with E-state index in [1.807, 2.05) is 7.05 Å². The van der Waals surface area contributed by atoms with Gasteiger partial charge >= 0.3 is 0 Å². The van der Waals surface area contributed by atoms with Crippen molar-refractivity contribution in [1.29, 1.82) is 0 Å². The van der Waals surface area contributed by atoms with Gasteiger partial charge in [0.2, 0.25) is 0 Å². The van der Waals surface area contributed by atoms with Crippen LogP contribution >= 0.6 is 0 Å². The molecule has 1 aliphatic rings. The fraction of sp³-hybridized carbons (Fsp3) is 0.600. The highest BCUT2D eigenvalue weighted by Gasteiger charge is 2.23. The Hall–Kier alpha value is -1.49. The highest BCUT2D eigenvalue weighted by atomic mass is 19.1. The number of nitrogens with zero attached hydrogens (tertiary/aromatic N) is 1. The van der Waals surface area contributed by atoms with Crippen LogP contribution in [0.4, 0.5) is 10.1 Å². The van der Waals surface area contributed by atoms with E-state index in [0.717, 1.165) is 12.5 Å². The summed E-state index contributed by atoms with van der Waals surface area (Å²) in [5.41, 5.74) is 0.539. The van der Waals surface area contributed by atoms with Gasteiger partial charge in [-0.3, -0.25) is 10.1 Å². The second-order valence-electron chi connectivity index (χ2n) is 5.55. The summed E-state index contributed by atoms with van der Waals surface area (Å²) in [4.78, 5) is 10.2.